The number of fused-ring (bicyclic) bond motifs is 2. The van der Waals surface area contributed by atoms with Gasteiger partial charge in [0, 0.05) is 35.4 Å². The van der Waals surface area contributed by atoms with Gasteiger partial charge in [0.2, 0.25) is 11.8 Å². The summed E-state index contributed by atoms with van der Waals surface area (Å²) in [5.74, 6) is -0.393. The SMILES string of the molecule is O=C(Cc1ccccc1Nc1c(Cl)cccc1Cl)NCC(=O)NC1C[C@H]2CC[C@@H](C1)N2Cc1ccc(Cl)cc1. The van der Waals surface area contributed by atoms with Crippen LogP contribution in [-0.2, 0) is 22.6 Å². The summed E-state index contributed by atoms with van der Waals surface area (Å²) in [6.07, 6.45) is 4.26. The average Bonchev–Trinajstić information content (AvgIpc) is 3.14. The molecule has 0 saturated carbocycles. The predicted molar refractivity (Wildman–Crippen MR) is 158 cm³/mol. The van der Waals surface area contributed by atoms with Crippen molar-refractivity contribution >= 4 is 58.0 Å². The van der Waals surface area contributed by atoms with Gasteiger partial charge in [-0.15, -0.1) is 0 Å². The van der Waals surface area contributed by atoms with Crippen molar-refractivity contribution in [2.75, 3.05) is 11.9 Å². The van der Waals surface area contributed by atoms with E-state index in [1.54, 1.807) is 18.2 Å². The van der Waals surface area contributed by atoms with E-state index < -0.39 is 0 Å². The number of hydrogen-bond acceptors (Lipinski definition) is 4. The molecule has 5 rings (SSSR count). The van der Waals surface area contributed by atoms with Crippen molar-refractivity contribution in [3.8, 4) is 0 Å². The van der Waals surface area contributed by atoms with Crippen LogP contribution in [0, 0.1) is 0 Å². The normalized spacial score (nSPS) is 20.4. The molecule has 3 atom stereocenters. The Labute approximate surface area is 244 Å². The van der Waals surface area contributed by atoms with E-state index in [0.29, 0.717) is 27.8 Å². The number of rotatable bonds is 9. The monoisotopic (exact) mass is 584 g/mol. The molecule has 2 aliphatic heterocycles. The summed E-state index contributed by atoms with van der Waals surface area (Å²) in [7, 11) is 0. The van der Waals surface area contributed by atoms with Crippen molar-refractivity contribution in [3.05, 3.63) is 92.9 Å². The molecule has 39 heavy (non-hydrogen) atoms. The van der Waals surface area contributed by atoms with Gasteiger partial charge < -0.3 is 16.0 Å². The second-order valence-electron chi connectivity index (χ2n) is 10.3. The molecule has 0 aliphatic carbocycles. The highest BCUT2D eigenvalue weighted by Crippen LogP contribution is 2.37. The van der Waals surface area contributed by atoms with Crippen molar-refractivity contribution in [1.29, 1.82) is 0 Å². The van der Waals surface area contributed by atoms with Crippen LogP contribution in [0.3, 0.4) is 0 Å². The first-order chi connectivity index (χ1) is 18.9. The highest BCUT2D eigenvalue weighted by molar-refractivity contribution is 6.39. The molecule has 6 nitrogen and oxygen atoms in total. The largest absolute Gasteiger partial charge is 0.353 e. The Morgan fingerprint density at radius 3 is 2.18 bits per heavy atom. The lowest BCUT2D eigenvalue weighted by molar-refractivity contribution is -0.126. The molecular weight excluding hydrogens is 555 g/mol. The van der Waals surface area contributed by atoms with E-state index in [2.05, 4.69) is 33.0 Å². The number of hydrogen-bond donors (Lipinski definition) is 3. The zero-order valence-electron chi connectivity index (χ0n) is 21.4. The number of carbonyl (C=O) groups is 2. The molecule has 2 amide bonds. The molecule has 3 aromatic rings. The Morgan fingerprint density at radius 2 is 1.49 bits per heavy atom. The van der Waals surface area contributed by atoms with Gasteiger partial charge in [-0.05, 0) is 67.1 Å². The second-order valence-corrected chi connectivity index (χ2v) is 11.5. The standard InChI is InChI=1S/C30H31Cl3N4O2/c31-21-10-8-19(9-11-21)18-37-23-12-13-24(37)16-22(15-23)35-29(39)17-34-28(38)14-20-4-1-2-7-27(20)36-30-25(32)5-3-6-26(30)33/h1-11,22-24,36H,12-18H2,(H,34,38)(H,35,39)/t22?,23-,24+. The Bertz CT molecular complexity index is 1300. The summed E-state index contributed by atoms with van der Waals surface area (Å²) in [6.45, 7) is 0.854. The first-order valence-electron chi connectivity index (χ1n) is 13.2. The van der Waals surface area contributed by atoms with Gasteiger partial charge >= 0.3 is 0 Å². The van der Waals surface area contributed by atoms with Gasteiger partial charge in [-0.3, -0.25) is 14.5 Å². The number of carbonyl (C=O) groups excluding carboxylic acids is 2. The third-order valence-electron chi connectivity index (χ3n) is 7.56. The first-order valence-corrected chi connectivity index (χ1v) is 14.3. The van der Waals surface area contributed by atoms with Gasteiger partial charge in [0.15, 0.2) is 0 Å². The second kappa shape index (κ2) is 12.6. The third-order valence-corrected chi connectivity index (χ3v) is 8.45. The van der Waals surface area contributed by atoms with Crippen LogP contribution >= 0.6 is 34.8 Å². The average molecular weight is 586 g/mol. The molecular formula is C30H31Cl3N4O2. The summed E-state index contributed by atoms with van der Waals surface area (Å²) >= 11 is 18.6. The topological polar surface area (TPSA) is 73.5 Å². The van der Waals surface area contributed by atoms with Crippen LogP contribution in [0.15, 0.2) is 66.7 Å². The van der Waals surface area contributed by atoms with Crippen molar-refractivity contribution in [1.82, 2.24) is 15.5 Å². The van der Waals surface area contributed by atoms with E-state index in [1.165, 1.54) is 5.56 Å². The maximum Gasteiger partial charge on any atom is 0.239 e. The van der Waals surface area contributed by atoms with Crippen LogP contribution in [0.4, 0.5) is 11.4 Å². The van der Waals surface area contributed by atoms with Gasteiger partial charge in [-0.2, -0.15) is 0 Å². The van der Waals surface area contributed by atoms with E-state index in [-0.39, 0.29) is 30.8 Å². The lowest BCUT2D eigenvalue weighted by Crippen LogP contribution is -2.51. The summed E-state index contributed by atoms with van der Waals surface area (Å²) in [5.41, 5.74) is 3.35. The van der Waals surface area contributed by atoms with E-state index in [0.717, 1.165) is 48.5 Å². The summed E-state index contributed by atoms with van der Waals surface area (Å²) in [4.78, 5) is 28.0. The fourth-order valence-corrected chi connectivity index (χ4v) is 6.31. The molecule has 3 aromatic carbocycles. The highest BCUT2D eigenvalue weighted by atomic mass is 35.5. The summed E-state index contributed by atoms with van der Waals surface area (Å²) < 4.78 is 0. The van der Waals surface area contributed by atoms with E-state index >= 15 is 0 Å². The third kappa shape index (κ3) is 7.06. The zero-order chi connectivity index (χ0) is 27.4. The zero-order valence-corrected chi connectivity index (χ0v) is 23.7. The predicted octanol–water partition coefficient (Wildman–Crippen LogP) is 6.36. The fourth-order valence-electron chi connectivity index (χ4n) is 5.69. The van der Waals surface area contributed by atoms with Crippen LogP contribution in [0.1, 0.15) is 36.8 Å². The maximum atomic E-state index is 12.7. The minimum absolute atomic E-state index is 0.0505. The lowest BCUT2D eigenvalue weighted by Gasteiger charge is -2.39. The van der Waals surface area contributed by atoms with Crippen LogP contribution in [0.5, 0.6) is 0 Å². The molecule has 3 N–H and O–H groups in total. The molecule has 2 heterocycles. The Balaban J connectivity index is 1.10. The number of nitrogens with zero attached hydrogens (tertiary/aromatic N) is 1. The quantitative estimate of drug-likeness (QED) is 0.273. The summed E-state index contributed by atoms with van der Waals surface area (Å²) in [5, 5.41) is 10.9. The molecule has 204 valence electrons. The minimum Gasteiger partial charge on any atom is -0.353 e. The van der Waals surface area contributed by atoms with E-state index in [9.17, 15) is 9.59 Å². The number of nitrogens with one attached hydrogen (secondary N) is 3. The minimum atomic E-state index is -0.234. The molecule has 0 spiro atoms. The molecule has 0 radical (unpaired) electrons. The molecule has 0 aromatic heterocycles. The molecule has 2 fully saturated rings. The van der Waals surface area contributed by atoms with Gasteiger partial charge in [0.1, 0.15) is 0 Å². The fraction of sp³-hybridized carbons (Fsp3) is 0.333. The van der Waals surface area contributed by atoms with Crippen LogP contribution in [-0.4, -0.2) is 41.4 Å². The first kappa shape index (κ1) is 27.8. The van der Waals surface area contributed by atoms with Crippen molar-refractivity contribution in [3.63, 3.8) is 0 Å². The molecule has 2 bridgehead atoms. The lowest BCUT2D eigenvalue weighted by atomic mass is 9.96. The van der Waals surface area contributed by atoms with Crippen LogP contribution in [0.2, 0.25) is 15.1 Å². The van der Waals surface area contributed by atoms with E-state index in [4.69, 9.17) is 34.8 Å². The Kier molecular flexibility index (Phi) is 8.98. The Hall–Kier alpha value is -2.77. The van der Waals surface area contributed by atoms with Gasteiger partial charge in [0.25, 0.3) is 0 Å². The Morgan fingerprint density at radius 1 is 0.821 bits per heavy atom. The van der Waals surface area contributed by atoms with Crippen molar-refractivity contribution in [2.45, 2.75) is 56.8 Å². The van der Waals surface area contributed by atoms with Gasteiger partial charge in [-0.25, -0.2) is 0 Å². The number of halogens is 3. The van der Waals surface area contributed by atoms with Gasteiger partial charge in [0.05, 0.1) is 28.7 Å². The van der Waals surface area contributed by atoms with Crippen molar-refractivity contribution in [2.24, 2.45) is 0 Å². The molecule has 2 aliphatic rings. The van der Waals surface area contributed by atoms with Crippen LogP contribution < -0.4 is 16.0 Å². The molecule has 9 heteroatoms. The smallest absolute Gasteiger partial charge is 0.239 e. The maximum absolute atomic E-state index is 12.7. The number of amides is 2. The summed E-state index contributed by atoms with van der Waals surface area (Å²) in [6, 6.07) is 21.8. The van der Waals surface area contributed by atoms with Crippen LogP contribution in [0.25, 0.3) is 0 Å². The van der Waals surface area contributed by atoms with Gasteiger partial charge in [-0.1, -0.05) is 71.2 Å². The van der Waals surface area contributed by atoms with Crippen molar-refractivity contribution < 1.29 is 9.59 Å². The number of benzene rings is 3. The molecule has 1 unspecified atom stereocenters. The highest BCUT2D eigenvalue weighted by Gasteiger charge is 2.40. The number of para-hydroxylation sites is 2. The number of piperidine rings is 1. The molecule has 2 saturated heterocycles. The van der Waals surface area contributed by atoms with E-state index in [1.807, 2.05) is 36.4 Å². The number of anilines is 2.